The standard InChI is InChI=1S/C12H14O5S/c1-8-3-4-10(9(2)7-8)18(14,15)17-12-6-5-11(13)16-12/h3-4,7,12H,5-6H2,1-2H3. The van der Waals surface area contributed by atoms with Crippen LogP contribution in [0.2, 0.25) is 0 Å². The average molecular weight is 270 g/mol. The minimum absolute atomic E-state index is 0.107. The second kappa shape index (κ2) is 4.70. The second-order valence-corrected chi connectivity index (χ2v) is 5.82. The maximum atomic E-state index is 12.0. The molecule has 1 fully saturated rings. The summed E-state index contributed by atoms with van der Waals surface area (Å²) in [6, 6.07) is 4.96. The van der Waals surface area contributed by atoms with Gasteiger partial charge in [0.15, 0.2) is 0 Å². The van der Waals surface area contributed by atoms with Crippen LogP contribution in [-0.2, 0) is 23.8 Å². The van der Waals surface area contributed by atoms with Gasteiger partial charge in [-0.15, -0.1) is 0 Å². The third kappa shape index (κ3) is 2.70. The Morgan fingerprint density at radius 1 is 1.33 bits per heavy atom. The summed E-state index contributed by atoms with van der Waals surface area (Å²) in [5.41, 5.74) is 1.58. The maximum Gasteiger partial charge on any atom is 0.308 e. The molecule has 0 radical (unpaired) electrons. The summed E-state index contributed by atoms with van der Waals surface area (Å²) in [6.45, 7) is 3.58. The molecule has 1 heterocycles. The molecule has 18 heavy (non-hydrogen) atoms. The molecule has 0 amide bonds. The first-order chi connectivity index (χ1) is 8.38. The van der Waals surface area contributed by atoms with Crippen molar-refractivity contribution in [1.82, 2.24) is 0 Å². The number of aryl methyl sites for hydroxylation is 2. The van der Waals surface area contributed by atoms with Crippen molar-refractivity contribution in [2.75, 3.05) is 0 Å². The smallest absolute Gasteiger partial charge is 0.308 e. The van der Waals surface area contributed by atoms with E-state index in [0.717, 1.165) is 5.56 Å². The van der Waals surface area contributed by atoms with E-state index < -0.39 is 22.4 Å². The van der Waals surface area contributed by atoms with Crippen molar-refractivity contribution in [3.63, 3.8) is 0 Å². The molecule has 98 valence electrons. The lowest BCUT2D eigenvalue weighted by atomic mass is 10.2. The van der Waals surface area contributed by atoms with E-state index in [4.69, 9.17) is 8.92 Å². The number of carbonyl (C=O) groups excluding carboxylic acids is 1. The lowest BCUT2D eigenvalue weighted by Gasteiger charge is -2.12. The number of hydrogen-bond acceptors (Lipinski definition) is 5. The van der Waals surface area contributed by atoms with Crippen molar-refractivity contribution in [3.8, 4) is 0 Å². The second-order valence-electron chi connectivity index (χ2n) is 4.28. The van der Waals surface area contributed by atoms with Crippen molar-refractivity contribution in [2.24, 2.45) is 0 Å². The highest BCUT2D eigenvalue weighted by Crippen LogP contribution is 2.24. The van der Waals surface area contributed by atoms with E-state index in [0.29, 0.717) is 5.56 Å². The summed E-state index contributed by atoms with van der Waals surface area (Å²) in [5, 5.41) is 0. The summed E-state index contributed by atoms with van der Waals surface area (Å²) < 4.78 is 33.7. The first-order valence-corrected chi connectivity index (χ1v) is 6.99. The largest absolute Gasteiger partial charge is 0.434 e. The molecule has 0 aliphatic carbocycles. The van der Waals surface area contributed by atoms with Gasteiger partial charge in [-0.1, -0.05) is 17.7 Å². The molecule has 0 bridgehead atoms. The minimum Gasteiger partial charge on any atom is -0.434 e. The van der Waals surface area contributed by atoms with Gasteiger partial charge in [0.05, 0.1) is 11.3 Å². The van der Waals surface area contributed by atoms with Crippen molar-refractivity contribution in [1.29, 1.82) is 0 Å². The van der Waals surface area contributed by atoms with Gasteiger partial charge < -0.3 is 4.74 Å². The molecular formula is C12H14O5S. The lowest BCUT2D eigenvalue weighted by molar-refractivity contribution is -0.150. The predicted octanol–water partition coefficient (Wildman–Crippen LogP) is 1.67. The van der Waals surface area contributed by atoms with Crippen LogP contribution in [-0.4, -0.2) is 20.7 Å². The SMILES string of the molecule is Cc1ccc(S(=O)(=O)OC2CCC(=O)O2)c(C)c1. The van der Waals surface area contributed by atoms with Crippen LogP contribution in [0.1, 0.15) is 24.0 Å². The molecule has 1 aliphatic rings. The molecule has 1 aromatic rings. The average Bonchev–Trinajstić information content (AvgIpc) is 2.62. The molecule has 0 saturated carbocycles. The molecule has 1 atom stereocenters. The van der Waals surface area contributed by atoms with Crippen LogP contribution in [0.25, 0.3) is 0 Å². The normalized spacial score (nSPS) is 19.9. The van der Waals surface area contributed by atoms with E-state index >= 15 is 0 Å². The summed E-state index contributed by atoms with van der Waals surface area (Å²) in [5.74, 6) is -0.434. The van der Waals surface area contributed by atoms with Crippen LogP contribution in [0.5, 0.6) is 0 Å². The van der Waals surface area contributed by atoms with E-state index in [1.165, 1.54) is 6.07 Å². The molecule has 1 aliphatic heterocycles. The number of esters is 1. The zero-order valence-corrected chi connectivity index (χ0v) is 11.0. The van der Waals surface area contributed by atoms with Crippen LogP contribution in [0.3, 0.4) is 0 Å². The van der Waals surface area contributed by atoms with Crippen molar-refractivity contribution in [3.05, 3.63) is 29.3 Å². The van der Waals surface area contributed by atoms with Gasteiger partial charge >= 0.3 is 16.1 Å². The van der Waals surface area contributed by atoms with Gasteiger partial charge in [-0.3, -0.25) is 4.79 Å². The lowest BCUT2D eigenvalue weighted by Crippen LogP contribution is -2.18. The van der Waals surface area contributed by atoms with Gasteiger partial charge in [-0.05, 0) is 25.5 Å². The van der Waals surface area contributed by atoms with E-state index in [9.17, 15) is 13.2 Å². The van der Waals surface area contributed by atoms with Gasteiger partial charge in [-0.2, -0.15) is 8.42 Å². The van der Waals surface area contributed by atoms with Crippen LogP contribution in [0.4, 0.5) is 0 Å². The molecule has 2 rings (SSSR count). The van der Waals surface area contributed by atoms with E-state index in [2.05, 4.69) is 0 Å². The first-order valence-electron chi connectivity index (χ1n) is 5.58. The Bertz CT molecular complexity index is 576. The molecule has 0 spiro atoms. The van der Waals surface area contributed by atoms with Crippen molar-refractivity contribution >= 4 is 16.1 Å². The number of cyclic esters (lactones) is 1. The van der Waals surface area contributed by atoms with Crippen LogP contribution < -0.4 is 0 Å². The fourth-order valence-corrected chi connectivity index (χ4v) is 3.05. The van der Waals surface area contributed by atoms with Gasteiger partial charge in [0.2, 0.25) is 6.29 Å². The van der Waals surface area contributed by atoms with E-state index in [-0.39, 0.29) is 17.7 Å². The van der Waals surface area contributed by atoms with Crippen LogP contribution >= 0.6 is 0 Å². The fraction of sp³-hybridized carbons (Fsp3) is 0.417. The number of benzene rings is 1. The summed E-state index contributed by atoms with van der Waals surface area (Å²) in [6.07, 6.45) is -0.543. The first kappa shape index (κ1) is 13.0. The Morgan fingerprint density at radius 3 is 2.61 bits per heavy atom. The van der Waals surface area contributed by atoms with Crippen molar-refractivity contribution < 1.29 is 22.1 Å². The monoisotopic (exact) mass is 270 g/mol. The van der Waals surface area contributed by atoms with Gasteiger partial charge in [0.25, 0.3) is 0 Å². The van der Waals surface area contributed by atoms with E-state index in [1.807, 2.05) is 6.92 Å². The Kier molecular flexibility index (Phi) is 3.41. The molecule has 1 aromatic carbocycles. The molecule has 1 saturated heterocycles. The minimum atomic E-state index is -3.89. The molecule has 0 N–H and O–H groups in total. The number of ether oxygens (including phenoxy) is 1. The predicted molar refractivity (Wildman–Crippen MR) is 63.3 cm³/mol. The number of hydrogen-bond donors (Lipinski definition) is 0. The van der Waals surface area contributed by atoms with Crippen LogP contribution in [0.15, 0.2) is 23.1 Å². The third-order valence-electron chi connectivity index (χ3n) is 2.68. The molecule has 5 nitrogen and oxygen atoms in total. The Hall–Kier alpha value is -1.40. The van der Waals surface area contributed by atoms with Crippen molar-refractivity contribution in [2.45, 2.75) is 37.9 Å². The summed E-state index contributed by atoms with van der Waals surface area (Å²) >= 11 is 0. The number of rotatable bonds is 3. The van der Waals surface area contributed by atoms with Gasteiger partial charge in [0.1, 0.15) is 0 Å². The molecule has 6 heteroatoms. The van der Waals surface area contributed by atoms with Gasteiger partial charge in [0, 0.05) is 6.42 Å². The van der Waals surface area contributed by atoms with E-state index in [1.54, 1.807) is 19.1 Å². The third-order valence-corrected chi connectivity index (χ3v) is 4.15. The maximum absolute atomic E-state index is 12.0. The molecular weight excluding hydrogens is 256 g/mol. The molecule has 0 aromatic heterocycles. The fourth-order valence-electron chi connectivity index (χ4n) is 1.84. The zero-order chi connectivity index (χ0) is 13.3. The topological polar surface area (TPSA) is 69.7 Å². The summed E-state index contributed by atoms with van der Waals surface area (Å²) in [7, 11) is -3.89. The summed E-state index contributed by atoms with van der Waals surface area (Å²) in [4.78, 5) is 11.0. The zero-order valence-electron chi connectivity index (χ0n) is 10.2. The Balaban J connectivity index is 2.23. The highest BCUT2D eigenvalue weighted by atomic mass is 32.2. The van der Waals surface area contributed by atoms with Gasteiger partial charge in [-0.25, -0.2) is 4.18 Å². The Morgan fingerprint density at radius 2 is 2.06 bits per heavy atom. The highest BCUT2D eigenvalue weighted by molar-refractivity contribution is 7.86. The van der Waals surface area contributed by atoms with Crippen LogP contribution in [0, 0.1) is 13.8 Å². The molecule has 1 unspecified atom stereocenters. The quantitative estimate of drug-likeness (QED) is 0.617. The Labute approximate surface area is 106 Å². The number of carbonyl (C=O) groups is 1. The highest BCUT2D eigenvalue weighted by Gasteiger charge is 2.30.